The normalized spacial score (nSPS) is 16.8. The number of phenols is 1. The number of benzene rings is 2. The van der Waals surface area contributed by atoms with E-state index in [9.17, 15) is 9.90 Å². The van der Waals surface area contributed by atoms with Crippen LogP contribution in [0, 0.1) is 6.92 Å². The monoisotopic (exact) mass is 351 g/mol. The summed E-state index contributed by atoms with van der Waals surface area (Å²) in [5.74, 6) is 1.22. The fourth-order valence-corrected chi connectivity index (χ4v) is 4.27. The van der Waals surface area contributed by atoms with Gasteiger partial charge < -0.3 is 10.4 Å². The number of aromatic nitrogens is 2. The van der Waals surface area contributed by atoms with E-state index in [-0.39, 0.29) is 16.9 Å². The molecule has 0 saturated carbocycles. The molecule has 0 fully saturated rings. The molecule has 3 aromatic rings. The third-order valence-corrected chi connectivity index (χ3v) is 5.45. The molecule has 2 N–H and O–H groups in total. The number of aryl methyl sites for hydroxylation is 1. The number of carbonyl (C=O) groups excluding carboxylic acids is 1. The highest BCUT2D eigenvalue weighted by Gasteiger charge is 2.30. The van der Waals surface area contributed by atoms with Crippen molar-refractivity contribution in [3.05, 3.63) is 71.4 Å². The molecule has 5 nitrogen and oxygen atoms in total. The van der Waals surface area contributed by atoms with Crippen LogP contribution in [0.2, 0.25) is 0 Å². The largest absolute Gasteiger partial charge is 0.508 e. The van der Waals surface area contributed by atoms with Gasteiger partial charge in [0.05, 0.1) is 22.4 Å². The number of rotatable bonds is 2. The molecule has 1 aromatic heterocycles. The molecule has 4 rings (SSSR count). The number of anilines is 1. The van der Waals surface area contributed by atoms with Gasteiger partial charge in [0.15, 0.2) is 0 Å². The van der Waals surface area contributed by atoms with Crippen molar-refractivity contribution in [2.24, 2.45) is 0 Å². The van der Waals surface area contributed by atoms with E-state index in [1.807, 2.05) is 49.4 Å². The Balaban J connectivity index is 1.90. The number of fused-ring (bicyclic) bond motifs is 1. The van der Waals surface area contributed by atoms with E-state index in [0.29, 0.717) is 11.6 Å². The maximum atomic E-state index is 12.3. The Labute approximate surface area is 149 Å². The molecule has 0 radical (unpaired) electrons. The van der Waals surface area contributed by atoms with Gasteiger partial charge in [0.1, 0.15) is 11.6 Å². The third kappa shape index (κ3) is 2.89. The zero-order chi connectivity index (χ0) is 17.4. The number of hydrogen-bond acceptors (Lipinski definition) is 4. The summed E-state index contributed by atoms with van der Waals surface area (Å²) < 4.78 is 1.78. The van der Waals surface area contributed by atoms with Crippen molar-refractivity contribution < 1.29 is 9.90 Å². The van der Waals surface area contributed by atoms with Crippen molar-refractivity contribution >= 4 is 23.5 Å². The summed E-state index contributed by atoms with van der Waals surface area (Å²) >= 11 is 1.54. The van der Waals surface area contributed by atoms with Crippen LogP contribution in [0.25, 0.3) is 5.69 Å². The Morgan fingerprint density at radius 1 is 1.20 bits per heavy atom. The van der Waals surface area contributed by atoms with Crippen molar-refractivity contribution in [3.63, 3.8) is 0 Å². The van der Waals surface area contributed by atoms with Crippen LogP contribution in [0.5, 0.6) is 5.75 Å². The molecule has 126 valence electrons. The van der Waals surface area contributed by atoms with E-state index in [2.05, 4.69) is 10.4 Å². The smallest absolute Gasteiger partial charge is 0.235 e. The second-order valence-electron chi connectivity index (χ2n) is 5.93. The zero-order valence-electron chi connectivity index (χ0n) is 13.6. The van der Waals surface area contributed by atoms with E-state index >= 15 is 0 Å². The molecule has 25 heavy (non-hydrogen) atoms. The maximum Gasteiger partial charge on any atom is 0.235 e. The number of nitrogens with one attached hydrogen (secondary N) is 1. The topological polar surface area (TPSA) is 67.1 Å². The van der Waals surface area contributed by atoms with E-state index in [4.69, 9.17) is 0 Å². The number of aromatic hydroxyl groups is 1. The molecule has 6 heteroatoms. The molecule has 1 aliphatic rings. The highest BCUT2D eigenvalue weighted by atomic mass is 32.2. The predicted octanol–water partition coefficient (Wildman–Crippen LogP) is 3.66. The summed E-state index contributed by atoms with van der Waals surface area (Å²) in [7, 11) is 0. The summed E-state index contributed by atoms with van der Waals surface area (Å²) in [6.45, 7) is 1.95. The van der Waals surface area contributed by atoms with Gasteiger partial charge in [-0.2, -0.15) is 5.10 Å². The van der Waals surface area contributed by atoms with Gasteiger partial charge in [-0.05, 0) is 36.8 Å². The van der Waals surface area contributed by atoms with Gasteiger partial charge in [0.2, 0.25) is 5.91 Å². The second kappa shape index (κ2) is 6.29. The molecule has 1 amide bonds. The van der Waals surface area contributed by atoms with Gasteiger partial charge in [-0.3, -0.25) is 4.79 Å². The van der Waals surface area contributed by atoms with Gasteiger partial charge >= 0.3 is 0 Å². The molecule has 0 spiro atoms. The molecule has 1 atom stereocenters. The van der Waals surface area contributed by atoms with Crippen LogP contribution in [-0.4, -0.2) is 26.5 Å². The minimum atomic E-state index is -0.0708. The standard InChI is InChI=1S/C19H17N3O2S/c1-12-17-18(13-6-5-9-15(23)10-13)25-11-16(24)20-19(17)22(21-12)14-7-3-2-4-8-14/h2-10,18,23H,11H2,1H3,(H,20,24)/t18-/m0/s1. The highest BCUT2D eigenvalue weighted by Crippen LogP contribution is 2.44. The van der Waals surface area contributed by atoms with Crippen molar-refractivity contribution in [2.75, 3.05) is 11.1 Å². The molecule has 2 aromatic carbocycles. The van der Waals surface area contributed by atoms with Gasteiger partial charge in [0.25, 0.3) is 0 Å². The highest BCUT2D eigenvalue weighted by molar-refractivity contribution is 8.00. The van der Waals surface area contributed by atoms with Gasteiger partial charge in [-0.15, -0.1) is 11.8 Å². The first-order chi connectivity index (χ1) is 12.1. The number of thioether (sulfide) groups is 1. The molecular formula is C19H17N3O2S. The lowest BCUT2D eigenvalue weighted by Gasteiger charge is -2.15. The minimum Gasteiger partial charge on any atom is -0.508 e. The maximum absolute atomic E-state index is 12.3. The zero-order valence-corrected chi connectivity index (χ0v) is 14.5. The summed E-state index contributed by atoms with van der Waals surface area (Å²) in [4.78, 5) is 12.3. The first-order valence-electron chi connectivity index (χ1n) is 7.99. The molecule has 0 unspecified atom stereocenters. The van der Waals surface area contributed by atoms with Crippen LogP contribution < -0.4 is 5.32 Å². The fourth-order valence-electron chi connectivity index (χ4n) is 3.09. The number of phenolic OH excluding ortho intramolecular Hbond substituents is 1. The Hall–Kier alpha value is -2.73. The number of nitrogens with zero attached hydrogens (tertiary/aromatic N) is 2. The first kappa shape index (κ1) is 15.8. The van der Waals surface area contributed by atoms with Gasteiger partial charge in [-0.25, -0.2) is 4.68 Å². The number of carbonyl (C=O) groups is 1. The van der Waals surface area contributed by atoms with Crippen molar-refractivity contribution in [3.8, 4) is 11.4 Å². The average Bonchev–Trinajstić information content (AvgIpc) is 2.82. The van der Waals surface area contributed by atoms with Crippen molar-refractivity contribution in [1.82, 2.24) is 9.78 Å². The number of hydrogen-bond donors (Lipinski definition) is 2. The Morgan fingerprint density at radius 3 is 2.76 bits per heavy atom. The van der Waals surface area contributed by atoms with Crippen LogP contribution in [0.3, 0.4) is 0 Å². The molecule has 1 aliphatic heterocycles. The third-order valence-electron chi connectivity index (χ3n) is 4.18. The molecule has 0 aliphatic carbocycles. The molecular weight excluding hydrogens is 334 g/mol. The fraction of sp³-hybridized carbons (Fsp3) is 0.158. The number of para-hydroxylation sites is 1. The van der Waals surface area contributed by atoms with E-state index in [1.54, 1.807) is 28.6 Å². The van der Waals surface area contributed by atoms with E-state index in [0.717, 1.165) is 22.5 Å². The van der Waals surface area contributed by atoms with Crippen LogP contribution >= 0.6 is 11.8 Å². The summed E-state index contributed by atoms with van der Waals surface area (Å²) in [6, 6.07) is 16.9. The lowest BCUT2D eigenvalue weighted by atomic mass is 10.0. The van der Waals surface area contributed by atoms with Crippen LogP contribution in [0.15, 0.2) is 54.6 Å². The Morgan fingerprint density at radius 2 is 2.00 bits per heavy atom. The van der Waals surface area contributed by atoms with Crippen LogP contribution in [0.4, 0.5) is 5.82 Å². The second-order valence-corrected chi connectivity index (χ2v) is 7.02. The average molecular weight is 351 g/mol. The lowest BCUT2D eigenvalue weighted by molar-refractivity contribution is -0.113. The van der Waals surface area contributed by atoms with E-state index < -0.39 is 0 Å². The molecule has 2 heterocycles. The predicted molar refractivity (Wildman–Crippen MR) is 99.3 cm³/mol. The SMILES string of the molecule is Cc1nn(-c2ccccc2)c2c1[C@H](c1cccc(O)c1)SCC(=O)N2. The molecule has 0 bridgehead atoms. The van der Waals surface area contributed by atoms with Crippen LogP contribution in [0.1, 0.15) is 22.1 Å². The first-order valence-corrected chi connectivity index (χ1v) is 9.03. The van der Waals surface area contributed by atoms with Crippen molar-refractivity contribution in [2.45, 2.75) is 12.2 Å². The van der Waals surface area contributed by atoms with Gasteiger partial charge in [0, 0.05) is 5.56 Å². The summed E-state index contributed by atoms with van der Waals surface area (Å²) in [5.41, 5.74) is 3.69. The van der Waals surface area contributed by atoms with Crippen LogP contribution in [-0.2, 0) is 4.79 Å². The minimum absolute atomic E-state index is 0.0500. The van der Waals surface area contributed by atoms with E-state index in [1.165, 1.54) is 0 Å². The molecule has 0 saturated heterocycles. The number of amides is 1. The Bertz CT molecular complexity index is 937. The summed E-state index contributed by atoms with van der Waals surface area (Å²) in [6.07, 6.45) is 0. The summed E-state index contributed by atoms with van der Waals surface area (Å²) in [5, 5.41) is 17.4. The Kier molecular flexibility index (Phi) is 3.97. The lowest BCUT2D eigenvalue weighted by Crippen LogP contribution is -2.15. The van der Waals surface area contributed by atoms with Gasteiger partial charge in [-0.1, -0.05) is 30.3 Å². The quantitative estimate of drug-likeness (QED) is 0.739. The van der Waals surface area contributed by atoms with Crippen molar-refractivity contribution in [1.29, 1.82) is 0 Å².